The summed E-state index contributed by atoms with van der Waals surface area (Å²) in [7, 11) is -7.77. The number of halogens is 1. The molecule has 5 atom stereocenters. The van der Waals surface area contributed by atoms with E-state index >= 15 is 0 Å². The van der Waals surface area contributed by atoms with Crippen molar-refractivity contribution in [2.24, 2.45) is 11.3 Å². The Labute approximate surface area is 344 Å². The third-order valence-corrected chi connectivity index (χ3v) is 15.8. The molecule has 0 spiro atoms. The summed E-state index contributed by atoms with van der Waals surface area (Å²) in [5.74, 6) is -2.36. The van der Waals surface area contributed by atoms with Gasteiger partial charge in [-0.05, 0) is 66.0 Å². The van der Waals surface area contributed by atoms with E-state index in [0.29, 0.717) is 30.0 Å². The Balaban J connectivity index is 1.14. The Morgan fingerprint density at radius 3 is 2.36 bits per heavy atom. The number of hydrogen-bond donors (Lipinski definition) is 3. The monoisotopic (exact) mass is 862 g/mol. The van der Waals surface area contributed by atoms with Gasteiger partial charge in [-0.15, -0.1) is 0 Å². The number of sulfonamides is 2. The SMILES string of the molecule is CCC1CC1(NC(=O)C1CC(OC(=O)N2Cc3cccc(Cl)c3C2)CN1C(=O)C(Nc1cccc(S(=O)(=O)N2CCOCC2)c1)C(C)(C)C)C(=O)NS(=O)(=O)C1CC1. The van der Waals surface area contributed by atoms with E-state index in [0.717, 1.165) is 11.1 Å². The molecule has 58 heavy (non-hydrogen) atoms. The summed E-state index contributed by atoms with van der Waals surface area (Å²) in [6, 6.07) is 9.38. The van der Waals surface area contributed by atoms with Crippen LogP contribution >= 0.6 is 11.6 Å². The third kappa shape index (κ3) is 8.53. The van der Waals surface area contributed by atoms with Crippen LogP contribution in [0.5, 0.6) is 0 Å². The number of fused-ring (bicyclic) bond motifs is 1. The highest BCUT2D eigenvalue weighted by atomic mass is 35.5. The maximum Gasteiger partial charge on any atom is 0.410 e. The number of morpholine rings is 1. The molecular formula is C39H51ClN6O10S2. The first-order valence-electron chi connectivity index (χ1n) is 19.7. The average Bonchev–Trinajstić information content (AvgIpc) is 4.07. The van der Waals surface area contributed by atoms with E-state index in [1.54, 1.807) is 24.3 Å². The van der Waals surface area contributed by atoms with Gasteiger partial charge < -0.3 is 25.0 Å². The fourth-order valence-corrected chi connectivity index (χ4v) is 11.1. The number of rotatable bonds is 12. The van der Waals surface area contributed by atoms with Crippen LogP contribution in [0, 0.1) is 11.3 Å². The van der Waals surface area contributed by atoms with Crippen LogP contribution in [0.2, 0.25) is 5.02 Å². The van der Waals surface area contributed by atoms with Crippen LogP contribution in [-0.2, 0) is 57.0 Å². The zero-order chi connectivity index (χ0) is 41.8. The van der Waals surface area contributed by atoms with Crippen molar-refractivity contribution in [2.75, 3.05) is 38.2 Å². The maximum atomic E-state index is 14.8. The van der Waals surface area contributed by atoms with E-state index in [-0.39, 0.29) is 69.6 Å². The molecule has 2 aliphatic carbocycles. The van der Waals surface area contributed by atoms with Gasteiger partial charge in [0.15, 0.2) is 0 Å². The van der Waals surface area contributed by atoms with Gasteiger partial charge in [0.2, 0.25) is 31.9 Å². The van der Waals surface area contributed by atoms with Crippen molar-refractivity contribution in [3.8, 4) is 0 Å². The van der Waals surface area contributed by atoms with E-state index in [4.69, 9.17) is 21.1 Å². The quantitative estimate of drug-likeness (QED) is 0.283. The minimum Gasteiger partial charge on any atom is -0.444 e. The van der Waals surface area contributed by atoms with Gasteiger partial charge in [0, 0.05) is 36.8 Å². The molecule has 0 aromatic heterocycles. The van der Waals surface area contributed by atoms with Gasteiger partial charge >= 0.3 is 6.09 Å². The van der Waals surface area contributed by atoms with Gasteiger partial charge in [0.1, 0.15) is 23.7 Å². The molecule has 3 heterocycles. The van der Waals surface area contributed by atoms with Crippen molar-refractivity contribution in [3.05, 3.63) is 58.6 Å². The van der Waals surface area contributed by atoms with Crippen LogP contribution in [0.1, 0.15) is 70.9 Å². The van der Waals surface area contributed by atoms with Gasteiger partial charge in [-0.1, -0.05) is 63.9 Å². The molecule has 2 aromatic carbocycles. The van der Waals surface area contributed by atoms with Crippen molar-refractivity contribution in [3.63, 3.8) is 0 Å². The molecule has 0 bridgehead atoms. The fraction of sp³-hybridized carbons (Fsp3) is 0.590. The lowest BCUT2D eigenvalue weighted by molar-refractivity contribution is -0.141. The molecular weight excluding hydrogens is 812 g/mol. The highest BCUT2D eigenvalue weighted by Gasteiger charge is 2.62. The molecule has 2 saturated carbocycles. The Morgan fingerprint density at radius 1 is 1.02 bits per heavy atom. The van der Waals surface area contributed by atoms with E-state index in [1.807, 2.05) is 33.8 Å². The summed E-state index contributed by atoms with van der Waals surface area (Å²) < 4.78 is 67.4. The third-order valence-electron chi connectivity index (χ3n) is 11.7. The van der Waals surface area contributed by atoms with Crippen molar-refractivity contribution in [2.45, 2.75) is 107 Å². The number of carbonyl (C=O) groups excluding carboxylic acids is 4. The zero-order valence-electron chi connectivity index (χ0n) is 33.0. The molecule has 3 aliphatic heterocycles. The lowest BCUT2D eigenvalue weighted by Gasteiger charge is -2.36. The predicted molar refractivity (Wildman–Crippen MR) is 213 cm³/mol. The van der Waals surface area contributed by atoms with Crippen molar-refractivity contribution in [1.82, 2.24) is 24.1 Å². The van der Waals surface area contributed by atoms with Crippen LogP contribution in [0.4, 0.5) is 10.5 Å². The highest BCUT2D eigenvalue weighted by Crippen LogP contribution is 2.47. The number of anilines is 1. The molecule has 3 N–H and O–H groups in total. The second-order valence-corrected chi connectivity index (χ2v) is 21.2. The average molecular weight is 863 g/mol. The first-order valence-corrected chi connectivity index (χ1v) is 23.1. The number of amides is 4. The summed E-state index contributed by atoms with van der Waals surface area (Å²) in [5, 5.41) is 5.94. The largest absolute Gasteiger partial charge is 0.444 e. The van der Waals surface area contributed by atoms with E-state index in [9.17, 15) is 36.0 Å². The zero-order valence-corrected chi connectivity index (χ0v) is 35.4. The molecule has 316 valence electrons. The lowest BCUT2D eigenvalue weighted by atomic mass is 9.85. The summed E-state index contributed by atoms with van der Waals surface area (Å²) in [6.07, 6.45) is -0.0571. The predicted octanol–water partition coefficient (Wildman–Crippen LogP) is 3.20. The summed E-state index contributed by atoms with van der Waals surface area (Å²) in [4.78, 5) is 59.3. The van der Waals surface area contributed by atoms with Gasteiger partial charge in [0.05, 0.1) is 36.4 Å². The molecule has 19 heteroatoms. The van der Waals surface area contributed by atoms with Gasteiger partial charge in [-0.25, -0.2) is 21.6 Å². The highest BCUT2D eigenvalue weighted by molar-refractivity contribution is 7.91. The Morgan fingerprint density at radius 2 is 1.72 bits per heavy atom. The maximum absolute atomic E-state index is 14.8. The molecule has 7 rings (SSSR count). The molecule has 2 saturated heterocycles. The molecule has 2 aromatic rings. The number of nitrogens with zero attached hydrogens (tertiary/aromatic N) is 3. The molecule has 5 unspecified atom stereocenters. The first kappa shape index (κ1) is 42.2. The summed E-state index contributed by atoms with van der Waals surface area (Å²) in [5.41, 5.74) is -0.243. The Bertz CT molecular complexity index is 2190. The van der Waals surface area contributed by atoms with Gasteiger partial charge in [0.25, 0.3) is 5.91 Å². The number of nitrogens with one attached hydrogen (secondary N) is 3. The summed E-state index contributed by atoms with van der Waals surface area (Å²) in [6.45, 7) is 8.64. The Hall–Kier alpha value is -3.97. The lowest BCUT2D eigenvalue weighted by Crippen LogP contribution is -2.58. The van der Waals surface area contributed by atoms with Crippen LogP contribution in [-0.4, -0.2) is 117 Å². The molecule has 4 amide bonds. The number of hydrogen-bond acceptors (Lipinski definition) is 11. The smallest absolute Gasteiger partial charge is 0.410 e. The second kappa shape index (κ2) is 15.9. The Kier molecular flexibility index (Phi) is 11.6. The molecule has 16 nitrogen and oxygen atoms in total. The van der Waals surface area contributed by atoms with E-state index in [2.05, 4.69) is 15.4 Å². The van der Waals surface area contributed by atoms with Crippen LogP contribution in [0.15, 0.2) is 47.4 Å². The van der Waals surface area contributed by atoms with E-state index < -0.39 is 78.3 Å². The topological polar surface area (TPSA) is 201 Å². The molecule has 5 aliphatic rings. The summed E-state index contributed by atoms with van der Waals surface area (Å²) >= 11 is 6.39. The number of likely N-dealkylation sites (tertiary alicyclic amines) is 1. The minimum absolute atomic E-state index is 0.0393. The van der Waals surface area contributed by atoms with Crippen molar-refractivity contribution >= 4 is 61.1 Å². The number of carbonyl (C=O) groups is 4. The van der Waals surface area contributed by atoms with Crippen LogP contribution in [0.25, 0.3) is 0 Å². The van der Waals surface area contributed by atoms with Crippen molar-refractivity contribution in [1.29, 1.82) is 0 Å². The standard InChI is InChI=1S/C39H51ClN6O10S2/c1-5-25-20-39(25,36(49)43-57(51,52)28-12-13-28)42-34(47)32-19-27(56-37(50)44-21-24-8-6-11-31(40)30(24)23-44)22-46(32)35(48)33(38(2,3)4)41-26-9-7-10-29(18-26)58(53,54)45-14-16-55-17-15-45/h6-11,18,25,27-28,32-33,41H,5,12-17,19-23H2,1-4H3,(H,42,47)(H,43,49). The van der Waals surface area contributed by atoms with Gasteiger partial charge in [-0.2, -0.15) is 4.31 Å². The first-order chi connectivity index (χ1) is 27.3. The molecule has 4 fully saturated rings. The molecule has 0 radical (unpaired) electrons. The van der Waals surface area contributed by atoms with Crippen molar-refractivity contribution < 1.29 is 45.5 Å². The van der Waals surface area contributed by atoms with Gasteiger partial charge in [-0.3, -0.25) is 24.0 Å². The van der Waals surface area contributed by atoms with Crippen LogP contribution in [0.3, 0.4) is 0 Å². The second-order valence-electron chi connectivity index (χ2n) is 16.9. The number of benzene rings is 2. The van der Waals surface area contributed by atoms with E-state index in [1.165, 1.54) is 26.2 Å². The number of ether oxygens (including phenoxy) is 2. The minimum atomic E-state index is -3.91. The fourth-order valence-electron chi connectivity index (χ4n) is 8.06. The normalized spacial score (nSPS) is 25.4. The van der Waals surface area contributed by atoms with Crippen LogP contribution < -0.4 is 15.4 Å².